The summed E-state index contributed by atoms with van der Waals surface area (Å²) in [6.07, 6.45) is 4.53. The van der Waals surface area contributed by atoms with Gasteiger partial charge in [-0.25, -0.2) is 9.67 Å². The third-order valence-corrected chi connectivity index (χ3v) is 2.14. The summed E-state index contributed by atoms with van der Waals surface area (Å²) in [6.45, 7) is 0. The summed E-state index contributed by atoms with van der Waals surface area (Å²) in [6, 6.07) is 2.93. The minimum atomic E-state index is -0.490. The molecule has 2 heterocycles. The predicted octanol–water partition coefficient (Wildman–Crippen LogP) is 1.94. The van der Waals surface area contributed by atoms with E-state index in [1.807, 2.05) is 0 Å². The smallest absolute Gasteiger partial charge is 0.258 e. The molecular weight excluding hydrogens is 264 g/mol. The first kappa shape index (κ1) is 9.78. The van der Waals surface area contributed by atoms with Crippen LogP contribution in [0.25, 0.3) is 5.82 Å². The molecule has 0 atom stereocenters. The van der Waals surface area contributed by atoms with Gasteiger partial charge < -0.3 is 0 Å². The van der Waals surface area contributed by atoms with Gasteiger partial charge in [0.25, 0.3) is 5.69 Å². The van der Waals surface area contributed by atoms with E-state index in [1.54, 1.807) is 12.4 Å². The fourth-order valence-electron chi connectivity index (χ4n) is 1.05. The van der Waals surface area contributed by atoms with E-state index in [0.29, 0.717) is 5.82 Å². The van der Waals surface area contributed by atoms with E-state index in [4.69, 9.17) is 0 Å². The van der Waals surface area contributed by atoms with Crippen molar-refractivity contribution in [3.05, 3.63) is 45.3 Å². The average molecular weight is 269 g/mol. The summed E-state index contributed by atoms with van der Waals surface area (Å²) in [5, 5.41) is 14.4. The Morgan fingerprint density at radius 3 is 2.67 bits per heavy atom. The molecule has 7 heteroatoms. The molecule has 0 fully saturated rings. The lowest BCUT2D eigenvalue weighted by atomic mass is 10.4. The Balaban J connectivity index is 2.35. The highest BCUT2D eigenvalue weighted by atomic mass is 79.9. The van der Waals surface area contributed by atoms with Gasteiger partial charge in [0, 0.05) is 12.3 Å². The molecule has 0 aromatic carbocycles. The topological polar surface area (TPSA) is 73.8 Å². The van der Waals surface area contributed by atoms with Crippen LogP contribution in [0.2, 0.25) is 0 Å². The zero-order valence-corrected chi connectivity index (χ0v) is 8.96. The first-order valence-corrected chi connectivity index (χ1v) is 4.77. The summed E-state index contributed by atoms with van der Waals surface area (Å²) in [4.78, 5) is 13.8. The minimum Gasteiger partial charge on any atom is -0.258 e. The highest BCUT2D eigenvalue weighted by Gasteiger charge is 2.06. The second kappa shape index (κ2) is 3.77. The minimum absolute atomic E-state index is 0.0371. The van der Waals surface area contributed by atoms with E-state index in [0.717, 1.165) is 4.47 Å². The maximum atomic E-state index is 10.4. The van der Waals surface area contributed by atoms with Crippen LogP contribution in [0.1, 0.15) is 0 Å². The Kier molecular flexibility index (Phi) is 2.46. The molecule has 0 aliphatic heterocycles. The van der Waals surface area contributed by atoms with Gasteiger partial charge in [0.05, 0.1) is 15.6 Å². The van der Waals surface area contributed by atoms with Crippen LogP contribution in [0, 0.1) is 10.1 Å². The number of halogens is 1. The molecule has 0 unspecified atom stereocenters. The summed E-state index contributed by atoms with van der Waals surface area (Å²) in [7, 11) is 0. The number of hydrogen-bond donors (Lipinski definition) is 0. The van der Waals surface area contributed by atoms with Crippen molar-refractivity contribution < 1.29 is 4.92 Å². The van der Waals surface area contributed by atoms with Crippen molar-refractivity contribution in [1.29, 1.82) is 0 Å². The number of pyridine rings is 1. The first-order valence-electron chi connectivity index (χ1n) is 3.98. The normalized spacial score (nSPS) is 10.2. The lowest BCUT2D eigenvalue weighted by Gasteiger charge is -1.98. The fourth-order valence-corrected chi connectivity index (χ4v) is 1.33. The maximum Gasteiger partial charge on any atom is 0.287 e. The van der Waals surface area contributed by atoms with E-state index < -0.39 is 4.92 Å². The van der Waals surface area contributed by atoms with Crippen molar-refractivity contribution in [3.8, 4) is 5.82 Å². The molecule has 0 N–H and O–H groups in total. The van der Waals surface area contributed by atoms with E-state index in [2.05, 4.69) is 26.0 Å². The molecule has 0 aliphatic rings. The van der Waals surface area contributed by atoms with E-state index >= 15 is 0 Å². The van der Waals surface area contributed by atoms with Gasteiger partial charge in [0.15, 0.2) is 5.82 Å². The maximum absolute atomic E-state index is 10.4. The van der Waals surface area contributed by atoms with Crippen molar-refractivity contribution in [3.63, 3.8) is 0 Å². The SMILES string of the molecule is O=[N+]([O-])c1ccc(-n2cc(Br)cn2)nc1. The molecule has 0 aliphatic carbocycles. The van der Waals surface area contributed by atoms with Crippen LogP contribution in [0.15, 0.2) is 35.2 Å². The number of rotatable bonds is 2. The van der Waals surface area contributed by atoms with E-state index in [9.17, 15) is 10.1 Å². The number of aromatic nitrogens is 3. The third-order valence-electron chi connectivity index (χ3n) is 1.73. The number of nitro groups is 1. The van der Waals surface area contributed by atoms with Crippen LogP contribution in [0.5, 0.6) is 0 Å². The van der Waals surface area contributed by atoms with Crippen molar-refractivity contribution in [1.82, 2.24) is 14.8 Å². The Hall–Kier alpha value is -1.76. The molecule has 2 aromatic rings. The molecule has 2 aromatic heterocycles. The molecule has 76 valence electrons. The Labute approximate surface area is 92.8 Å². The van der Waals surface area contributed by atoms with Gasteiger partial charge in [0.2, 0.25) is 0 Å². The molecule has 0 saturated carbocycles. The second-order valence-electron chi connectivity index (χ2n) is 2.73. The molecule has 15 heavy (non-hydrogen) atoms. The lowest BCUT2D eigenvalue weighted by molar-refractivity contribution is -0.385. The predicted molar refractivity (Wildman–Crippen MR) is 55.7 cm³/mol. The van der Waals surface area contributed by atoms with Crippen molar-refractivity contribution in [2.24, 2.45) is 0 Å². The van der Waals surface area contributed by atoms with Gasteiger partial charge in [-0.05, 0) is 22.0 Å². The second-order valence-corrected chi connectivity index (χ2v) is 3.65. The highest BCUT2D eigenvalue weighted by molar-refractivity contribution is 9.10. The first-order chi connectivity index (χ1) is 7.16. The average Bonchev–Trinajstić information content (AvgIpc) is 2.65. The van der Waals surface area contributed by atoms with Crippen LogP contribution >= 0.6 is 15.9 Å². The molecule has 6 nitrogen and oxygen atoms in total. The molecule has 0 amide bonds. The van der Waals surface area contributed by atoms with E-state index in [-0.39, 0.29) is 5.69 Å². The molecule has 0 spiro atoms. The summed E-state index contributed by atoms with van der Waals surface area (Å²) >= 11 is 3.25. The number of nitrogens with zero attached hydrogens (tertiary/aromatic N) is 4. The molecule has 0 bridgehead atoms. The van der Waals surface area contributed by atoms with Gasteiger partial charge in [-0.3, -0.25) is 10.1 Å². The standard InChI is InChI=1S/C8H5BrN4O2/c9-6-3-11-12(5-6)8-2-1-7(4-10-8)13(14)15/h1-5H. The fraction of sp³-hybridized carbons (Fsp3) is 0. The van der Waals surface area contributed by atoms with E-state index in [1.165, 1.54) is 23.0 Å². The van der Waals surface area contributed by atoms with Crippen molar-refractivity contribution in [2.75, 3.05) is 0 Å². The molecule has 0 saturated heterocycles. The quantitative estimate of drug-likeness (QED) is 0.616. The number of hydrogen-bond acceptors (Lipinski definition) is 4. The van der Waals surface area contributed by atoms with Gasteiger partial charge in [-0.15, -0.1) is 0 Å². The van der Waals surface area contributed by atoms with Crippen LogP contribution in [0.3, 0.4) is 0 Å². The zero-order valence-electron chi connectivity index (χ0n) is 7.37. The van der Waals surface area contributed by atoms with Crippen molar-refractivity contribution in [2.45, 2.75) is 0 Å². The van der Waals surface area contributed by atoms with Crippen LogP contribution in [-0.4, -0.2) is 19.7 Å². The molecule has 0 radical (unpaired) electrons. The van der Waals surface area contributed by atoms with Crippen LogP contribution in [0.4, 0.5) is 5.69 Å². The van der Waals surface area contributed by atoms with Crippen molar-refractivity contribution >= 4 is 21.6 Å². The lowest BCUT2D eigenvalue weighted by Crippen LogP contribution is -1.98. The summed E-state index contributed by atoms with van der Waals surface area (Å²) < 4.78 is 2.34. The molecular formula is C8H5BrN4O2. The Bertz CT molecular complexity index is 494. The van der Waals surface area contributed by atoms with Gasteiger partial charge in [-0.1, -0.05) is 0 Å². The summed E-state index contributed by atoms with van der Waals surface area (Å²) in [5.41, 5.74) is -0.0371. The molecule has 2 rings (SSSR count). The van der Waals surface area contributed by atoms with Gasteiger partial charge in [-0.2, -0.15) is 5.10 Å². The highest BCUT2D eigenvalue weighted by Crippen LogP contribution is 2.13. The van der Waals surface area contributed by atoms with Crippen LogP contribution < -0.4 is 0 Å². The van der Waals surface area contributed by atoms with Gasteiger partial charge >= 0.3 is 0 Å². The largest absolute Gasteiger partial charge is 0.287 e. The Morgan fingerprint density at radius 1 is 1.40 bits per heavy atom. The zero-order chi connectivity index (χ0) is 10.8. The Morgan fingerprint density at radius 2 is 2.20 bits per heavy atom. The third kappa shape index (κ3) is 2.01. The summed E-state index contributed by atoms with van der Waals surface area (Å²) in [5.74, 6) is 0.534. The van der Waals surface area contributed by atoms with Gasteiger partial charge in [0.1, 0.15) is 6.20 Å². The van der Waals surface area contributed by atoms with Crippen LogP contribution in [-0.2, 0) is 0 Å². The monoisotopic (exact) mass is 268 g/mol.